The molecule has 15 heavy (non-hydrogen) atoms. The SMILES string of the molecule is CCCCC(N)C(=O)N1CC(O)(CC)C1. The van der Waals surface area contributed by atoms with Crippen molar-refractivity contribution in [1.82, 2.24) is 4.90 Å². The highest BCUT2D eigenvalue weighted by Crippen LogP contribution is 2.24. The van der Waals surface area contributed by atoms with Crippen LogP contribution < -0.4 is 5.73 Å². The van der Waals surface area contributed by atoms with Gasteiger partial charge in [0, 0.05) is 0 Å². The molecule has 4 heteroatoms. The fourth-order valence-electron chi connectivity index (χ4n) is 1.83. The van der Waals surface area contributed by atoms with E-state index in [0.717, 1.165) is 19.3 Å². The Morgan fingerprint density at radius 3 is 2.60 bits per heavy atom. The minimum Gasteiger partial charge on any atom is -0.386 e. The van der Waals surface area contributed by atoms with E-state index in [1.165, 1.54) is 0 Å². The van der Waals surface area contributed by atoms with Crippen LogP contribution >= 0.6 is 0 Å². The van der Waals surface area contributed by atoms with Crippen molar-refractivity contribution in [2.45, 2.75) is 51.2 Å². The molecule has 0 aliphatic carbocycles. The Balaban J connectivity index is 2.31. The second kappa shape index (κ2) is 4.94. The van der Waals surface area contributed by atoms with E-state index >= 15 is 0 Å². The van der Waals surface area contributed by atoms with Gasteiger partial charge in [-0.25, -0.2) is 0 Å². The van der Waals surface area contributed by atoms with Gasteiger partial charge in [0.1, 0.15) is 0 Å². The van der Waals surface area contributed by atoms with Crippen molar-refractivity contribution in [1.29, 1.82) is 0 Å². The van der Waals surface area contributed by atoms with E-state index in [-0.39, 0.29) is 11.9 Å². The predicted octanol–water partition coefficient (Wildman–Crippen LogP) is 0.487. The van der Waals surface area contributed by atoms with E-state index in [1.807, 2.05) is 6.92 Å². The summed E-state index contributed by atoms with van der Waals surface area (Å²) >= 11 is 0. The number of nitrogens with zero attached hydrogens (tertiary/aromatic N) is 1. The molecule has 0 aromatic heterocycles. The highest BCUT2D eigenvalue weighted by Gasteiger charge is 2.42. The number of likely N-dealkylation sites (tertiary alicyclic amines) is 1. The second-order valence-electron chi connectivity index (χ2n) is 4.52. The first-order valence-corrected chi connectivity index (χ1v) is 5.79. The van der Waals surface area contributed by atoms with Crippen molar-refractivity contribution in [2.75, 3.05) is 13.1 Å². The topological polar surface area (TPSA) is 66.6 Å². The number of aliphatic hydroxyl groups is 1. The average Bonchev–Trinajstić information content (AvgIpc) is 2.20. The Morgan fingerprint density at radius 1 is 1.53 bits per heavy atom. The summed E-state index contributed by atoms with van der Waals surface area (Å²) in [7, 11) is 0. The van der Waals surface area contributed by atoms with Crippen LogP contribution in [0.2, 0.25) is 0 Å². The molecule has 88 valence electrons. The van der Waals surface area contributed by atoms with Crippen molar-refractivity contribution in [3.8, 4) is 0 Å². The number of hydrogen-bond donors (Lipinski definition) is 2. The summed E-state index contributed by atoms with van der Waals surface area (Å²) in [5, 5.41) is 9.76. The fourth-order valence-corrected chi connectivity index (χ4v) is 1.83. The molecule has 1 amide bonds. The van der Waals surface area contributed by atoms with E-state index in [4.69, 9.17) is 5.73 Å². The van der Waals surface area contributed by atoms with Crippen molar-refractivity contribution in [3.05, 3.63) is 0 Å². The molecular formula is C11H22N2O2. The summed E-state index contributed by atoms with van der Waals surface area (Å²) in [6.07, 6.45) is 3.48. The molecule has 1 rings (SSSR count). The van der Waals surface area contributed by atoms with Gasteiger partial charge in [0.15, 0.2) is 0 Å². The first-order chi connectivity index (χ1) is 7.02. The van der Waals surface area contributed by atoms with Crippen LogP contribution in [-0.2, 0) is 4.79 Å². The van der Waals surface area contributed by atoms with Crippen LogP contribution in [0.3, 0.4) is 0 Å². The maximum atomic E-state index is 11.7. The third-order valence-electron chi connectivity index (χ3n) is 3.13. The minimum atomic E-state index is -0.653. The molecule has 1 fully saturated rings. The van der Waals surface area contributed by atoms with Gasteiger partial charge >= 0.3 is 0 Å². The minimum absolute atomic E-state index is 0.0124. The third-order valence-corrected chi connectivity index (χ3v) is 3.13. The molecule has 4 nitrogen and oxygen atoms in total. The van der Waals surface area contributed by atoms with Gasteiger partial charge in [-0.2, -0.15) is 0 Å². The molecule has 1 saturated heterocycles. The van der Waals surface area contributed by atoms with Gasteiger partial charge in [-0.3, -0.25) is 4.79 Å². The van der Waals surface area contributed by atoms with Crippen LogP contribution in [0.15, 0.2) is 0 Å². The standard InChI is InChI=1S/C11H22N2O2/c1-3-5-6-9(12)10(14)13-7-11(15,4-2)8-13/h9,15H,3-8,12H2,1-2H3. The quantitative estimate of drug-likeness (QED) is 0.700. The van der Waals surface area contributed by atoms with E-state index in [0.29, 0.717) is 19.5 Å². The summed E-state index contributed by atoms with van der Waals surface area (Å²) in [6, 6.07) is -0.383. The van der Waals surface area contributed by atoms with Crippen molar-refractivity contribution >= 4 is 5.91 Å². The zero-order valence-electron chi connectivity index (χ0n) is 9.70. The molecule has 1 aliphatic heterocycles. The molecule has 1 aliphatic rings. The second-order valence-corrected chi connectivity index (χ2v) is 4.52. The first kappa shape index (κ1) is 12.5. The third kappa shape index (κ3) is 2.92. The largest absolute Gasteiger partial charge is 0.386 e. The summed E-state index contributed by atoms with van der Waals surface area (Å²) in [4.78, 5) is 13.4. The lowest BCUT2D eigenvalue weighted by Gasteiger charge is -2.46. The maximum Gasteiger partial charge on any atom is 0.239 e. The summed E-state index contributed by atoms with van der Waals surface area (Å²) in [5.41, 5.74) is 5.12. The fraction of sp³-hybridized carbons (Fsp3) is 0.909. The molecule has 1 atom stereocenters. The van der Waals surface area contributed by atoms with Crippen LogP contribution in [0.5, 0.6) is 0 Å². The lowest BCUT2D eigenvalue weighted by Crippen LogP contribution is -2.65. The molecule has 1 heterocycles. The molecule has 0 spiro atoms. The lowest BCUT2D eigenvalue weighted by atomic mass is 9.90. The van der Waals surface area contributed by atoms with Crippen molar-refractivity contribution < 1.29 is 9.90 Å². The number of nitrogens with two attached hydrogens (primary N) is 1. The van der Waals surface area contributed by atoms with E-state index in [9.17, 15) is 9.90 Å². The van der Waals surface area contributed by atoms with E-state index in [1.54, 1.807) is 4.90 Å². The lowest BCUT2D eigenvalue weighted by molar-refractivity contribution is -0.157. The van der Waals surface area contributed by atoms with Gasteiger partial charge in [-0.1, -0.05) is 26.7 Å². The molecule has 0 saturated carbocycles. The van der Waals surface area contributed by atoms with Crippen LogP contribution in [0.25, 0.3) is 0 Å². The van der Waals surface area contributed by atoms with Crippen molar-refractivity contribution in [3.63, 3.8) is 0 Å². The predicted molar refractivity (Wildman–Crippen MR) is 59.3 cm³/mol. The van der Waals surface area contributed by atoms with Crippen LogP contribution in [0, 0.1) is 0 Å². The van der Waals surface area contributed by atoms with Gasteiger partial charge in [-0.15, -0.1) is 0 Å². The van der Waals surface area contributed by atoms with Crippen LogP contribution in [-0.4, -0.2) is 40.6 Å². The number of rotatable bonds is 5. The molecule has 3 N–H and O–H groups in total. The van der Waals surface area contributed by atoms with E-state index in [2.05, 4.69) is 6.92 Å². The number of amides is 1. The van der Waals surface area contributed by atoms with Crippen LogP contribution in [0.4, 0.5) is 0 Å². The number of β-amino-alcohol motifs (C(OH)–C–C–N with tert-alkyl or cyclic N) is 1. The smallest absolute Gasteiger partial charge is 0.239 e. The van der Waals surface area contributed by atoms with Gasteiger partial charge in [-0.05, 0) is 12.8 Å². The number of carbonyl (C=O) groups excluding carboxylic acids is 1. The maximum absolute atomic E-state index is 11.7. The number of hydrogen-bond acceptors (Lipinski definition) is 3. The van der Waals surface area contributed by atoms with Gasteiger partial charge in [0.05, 0.1) is 24.7 Å². The average molecular weight is 214 g/mol. The zero-order chi connectivity index (χ0) is 11.5. The highest BCUT2D eigenvalue weighted by atomic mass is 16.3. The zero-order valence-corrected chi connectivity index (χ0v) is 9.70. The Labute approximate surface area is 91.4 Å². The molecular weight excluding hydrogens is 192 g/mol. The van der Waals surface area contributed by atoms with Gasteiger partial charge in [0.25, 0.3) is 0 Å². The number of carbonyl (C=O) groups is 1. The summed E-state index contributed by atoms with van der Waals surface area (Å²) in [6.45, 7) is 4.90. The normalized spacial score (nSPS) is 20.9. The highest BCUT2D eigenvalue weighted by molar-refractivity contribution is 5.82. The molecule has 0 bridgehead atoms. The first-order valence-electron chi connectivity index (χ1n) is 5.79. The Bertz CT molecular complexity index is 225. The molecule has 1 unspecified atom stereocenters. The van der Waals surface area contributed by atoms with E-state index < -0.39 is 5.60 Å². The monoisotopic (exact) mass is 214 g/mol. The summed E-state index contributed by atoms with van der Waals surface area (Å²) in [5.74, 6) is -0.0124. The Hall–Kier alpha value is -0.610. The van der Waals surface area contributed by atoms with Gasteiger partial charge < -0.3 is 15.7 Å². The Morgan fingerprint density at radius 2 is 2.13 bits per heavy atom. The van der Waals surface area contributed by atoms with Crippen LogP contribution in [0.1, 0.15) is 39.5 Å². The Kier molecular flexibility index (Phi) is 4.11. The molecule has 0 aromatic carbocycles. The molecule has 0 radical (unpaired) electrons. The van der Waals surface area contributed by atoms with Crippen molar-refractivity contribution in [2.24, 2.45) is 5.73 Å². The summed E-state index contributed by atoms with van der Waals surface area (Å²) < 4.78 is 0. The molecule has 0 aromatic rings. The number of unbranched alkanes of at least 4 members (excludes halogenated alkanes) is 1. The van der Waals surface area contributed by atoms with Gasteiger partial charge in [0.2, 0.25) is 5.91 Å².